The molecular formula is C15H12LiNO4. The quantitative estimate of drug-likeness (QED) is 0.455. The summed E-state index contributed by atoms with van der Waals surface area (Å²) in [6, 6.07) is 12.3. The minimum atomic E-state index is -1.29. The van der Waals surface area contributed by atoms with Crippen LogP contribution in [-0.2, 0) is 22.6 Å². The molecule has 5 nitrogen and oxygen atoms in total. The number of hydrogen-bond donors (Lipinski definition) is 0. The molecule has 0 aliphatic heterocycles. The standard InChI is InChI=1S/C15H13NO4.Li/c17-14(18)9-13-12(7-4-8-16-13)15(19)20-10-11-5-2-1-3-6-11;/h1-8H,9-10H2,(H,17,18);/q;+1/p-1. The molecule has 0 unspecified atom stereocenters. The smallest absolute Gasteiger partial charge is 0.550 e. The van der Waals surface area contributed by atoms with Crippen molar-refractivity contribution in [1.29, 1.82) is 0 Å². The fourth-order valence-electron chi connectivity index (χ4n) is 1.70. The van der Waals surface area contributed by atoms with Crippen LogP contribution in [0.1, 0.15) is 21.6 Å². The number of carbonyl (C=O) groups is 2. The molecule has 0 bridgehead atoms. The number of nitrogens with zero attached hydrogens (tertiary/aromatic N) is 1. The first kappa shape index (κ1) is 17.0. The first-order valence-electron chi connectivity index (χ1n) is 6.01. The largest absolute Gasteiger partial charge is 1.00 e. The number of ether oxygens (including phenoxy) is 1. The van der Waals surface area contributed by atoms with Gasteiger partial charge in [0.15, 0.2) is 0 Å². The Hall–Kier alpha value is -2.09. The Labute approximate surface area is 134 Å². The monoisotopic (exact) mass is 277 g/mol. The van der Waals surface area contributed by atoms with Gasteiger partial charge in [-0.15, -0.1) is 0 Å². The number of rotatable bonds is 5. The van der Waals surface area contributed by atoms with Crippen LogP contribution in [0.5, 0.6) is 0 Å². The van der Waals surface area contributed by atoms with Gasteiger partial charge in [-0.1, -0.05) is 30.3 Å². The second-order valence-corrected chi connectivity index (χ2v) is 4.11. The number of esters is 1. The molecule has 21 heavy (non-hydrogen) atoms. The van der Waals surface area contributed by atoms with Crippen molar-refractivity contribution in [1.82, 2.24) is 4.98 Å². The molecule has 1 aromatic carbocycles. The molecule has 0 saturated heterocycles. The second-order valence-electron chi connectivity index (χ2n) is 4.11. The predicted octanol–water partition coefficient (Wildman–Crippen LogP) is -2.26. The van der Waals surface area contributed by atoms with Crippen molar-refractivity contribution in [3.8, 4) is 0 Å². The maximum Gasteiger partial charge on any atom is 1.00 e. The topological polar surface area (TPSA) is 79.3 Å². The molecule has 0 spiro atoms. The molecule has 0 atom stereocenters. The molecule has 2 rings (SSSR count). The number of carbonyl (C=O) groups excluding carboxylic acids is 2. The normalized spacial score (nSPS) is 9.52. The van der Waals surface area contributed by atoms with E-state index in [1.54, 1.807) is 6.07 Å². The fraction of sp³-hybridized carbons (Fsp3) is 0.133. The van der Waals surface area contributed by atoms with E-state index in [0.29, 0.717) is 0 Å². The van der Waals surface area contributed by atoms with Crippen LogP contribution in [-0.4, -0.2) is 16.9 Å². The summed E-state index contributed by atoms with van der Waals surface area (Å²) >= 11 is 0. The van der Waals surface area contributed by atoms with Crippen molar-refractivity contribution < 1.29 is 38.3 Å². The summed E-state index contributed by atoms with van der Waals surface area (Å²) in [5.41, 5.74) is 1.14. The number of carboxylic acids is 1. The zero-order valence-electron chi connectivity index (χ0n) is 11.6. The zero-order chi connectivity index (χ0) is 14.4. The number of aromatic nitrogens is 1. The Morgan fingerprint density at radius 3 is 2.48 bits per heavy atom. The molecule has 0 amide bonds. The number of benzene rings is 1. The molecule has 6 heteroatoms. The molecule has 1 aromatic heterocycles. The van der Waals surface area contributed by atoms with E-state index in [1.165, 1.54) is 12.3 Å². The summed E-state index contributed by atoms with van der Waals surface area (Å²) in [6.07, 6.45) is 1.00. The van der Waals surface area contributed by atoms with E-state index >= 15 is 0 Å². The number of carboxylic acid groups (broad SMARTS) is 1. The van der Waals surface area contributed by atoms with Gasteiger partial charge < -0.3 is 14.6 Å². The molecular weight excluding hydrogens is 265 g/mol. The van der Waals surface area contributed by atoms with Crippen LogP contribution >= 0.6 is 0 Å². The van der Waals surface area contributed by atoms with E-state index in [9.17, 15) is 14.7 Å². The van der Waals surface area contributed by atoms with Gasteiger partial charge in [0.2, 0.25) is 0 Å². The Bertz CT molecular complexity index is 616. The van der Waals surface area contributed by atoms with E-state index in [4.69, 9.17) is 4.74 Å². The predicted molar refractivity (Wildman–Crippen MR) is 68.5 cm³/mol. The second kappa shape index (κ2) is 8.25. The van der Waals surface area contributed by atoms with Crippen LogP contribution in [0.4, 0.5) is 0 Å². The van der Waals surface area contributed by atoms with Crippen molar-refractivity contribution in [2.24, 2.45) is 0 Å². The molecule has 0 radical (unpaired) electrons. The summed E-state index contributed by atoms with van der Waals surface area (Å²) in [5.74, 6) is -1.89. The minimum Gasteiger partial charge on any atom is -0.550 e. The molecule has 0 aliphatic carbocycles. The molecule has 0 fully saturated rings. The molecule has 2 aromatic rings. The van der Waals surface area contributed by atoms with Crippen LogP contribution in [0.3, 0.4) is 0 Å². The third-order valence-electron chi connectivity index (χ3n) is 2.63. The third-order valence-corrected chi connectivity index (χ3v) is 2.63. The maximum atomic E-state index is 11.9. The molecule has 0 N–H and O–H groups in total. The van der Waals surface area contributed by atoms with Crippen molar-refractivity contribution in [2.75, 3.05) is 0 Å². The Morgan fingerprint density at radius 1 is 1.10 bits per heavy atom. The van der Waals surface area contributed by atoms with E-state index < -0.39 is 18.4 Å². The third kappa shape index (κ3) is 5.07. The first-order chi connectivity index (χ1) is 9.66. The number of aliphatic carboxylic acids is 1. The first-order valence-corrected chi connectivity index (χ1v) is 6.01. The fourth-order valence-corrected chi connectivity index (χ4v) is 1.70. The van der Waals surface area contributed by atoms with Crippen LogP contribution in [0.15, 0.2) is 48.7 Å². The van der Waals surface area contributed by atoms with E-state index in [1.807, 2.05) is 30.3 Å². The molecule has 102 valence electrons. The summed E-state index contributed by atoms with van der Waals surface area (Å²) in [6.45, 7) is 0.124. The maximum absolute atomic E-state index is 11.9. The number of pyridine rings is 1. The summed E-state index contributed by atoms with van der Waals surface area (Å²) in [5, 5.41) is 10.6. The average Bonchev–Trinajstić information content (AvgIpc) is 2.46. The van der Waals surface area contributed by atoms with Gasteiger partial charge in [0.25, 0.3) is 0 Å². The van der Waals surface area contributed by atoms with Crippen molar-refractivity contribution in [3.05, 3.63) is 65.5 Å². The Morgan fingerprint density at radius 2 is 1.81 bits per heavy atom. The van der Waals surface area contributed by atoms with E-state index in [-0.39, 0.29) is 36.7 Å². The summed E-state index contributed by atoms with van der Waals surface area (Å²) in [4.78, 5) is 26.4. The van der Waals surface area contributed by atoms with Crippen LogP contribution in [0, 0.1) is 0 Å². The van der Waals surface area contributed by atoms with Gasteiger partial charge >= 0.3 is 24.8 Å². The van der Waals surface area contributed by atoms with Gasteiger partial charge in [0.1, 0.15) is 6.61 Å². The van der Waals surface area contributed by atoms with Gasteiger partial charge in [-0.3, -0.25) is 4.98 Å². The van der Waals surface area contributed by atoms with Crippen molar-refractivity contribution >= 4 is 11.9 Å². The van der Waals surface area contributed by atoms with Crippen LogP contribution in [0.25, 0.3) is 0 Å². The van der Waals surface area contributed by atoms with Gasteiger partial charge in [0.05, 0.1) is 11.3 Å². The van der Waals surface area contributed by atoms with Crippen molar-refractivity contribution in [2.45, 2.75) is 13.0 Å². The molecule has 0 saturated carbocycles. The molecule has 0 aliphatic rings. The minimum absolute atomic E-state index is 0. The van der Waals surface area contributed by atoms with Gasteiger partial charge in [-0.2, -0.15) is 0 Å². The Kier molecular flexibility index (Phi) is 6.66. The van der Waals surface area contributed by atoms with E-state index in [2.05, 4.69) is 4.98 Å². The van der Waals surface area contributed by atoms with Crippen LogP contribution in [0.2, 0.25) is 0 Å². The van der Waals surface area contributed by atoms with Crippen LogP contribution < -0.4 is 24.0 Å². The average molecular weight is 277 g/mol. The van der Waals surface area contributed by atoms with Gasteiger partial charge in [-0.25, -0.2) is 4.79 Å². The Balaban J connectivity index is 0.00000220. The zero-order valence-corrected chi connectivity index (χ0v) is 11.6. The van der Waals surface area contributed by atoms with Gasteiger partial charge in [-0.05, 0) is 17.7 Å². The summed E-state index contributed by atoms with van der Waals surface area (Å²) < 4.78 is 5.14. The van der Waals surface area contributed by atoms with Crippen molar-refractivity contribution in [3.63, 3.8) is 0 Å². The van der Waals surface area contributed by atoms with E-state index in [0.717, 1.165) is 5.56 Å². The molecule has 1 heterocycles. The van der Waals surface area contributed by atoms with Gasteiger partial charge in [0, 0.05) is 18.6 Å². The number of hydrogen-bond acceptors (Lipinski definition) is 5. The SMILES string of the molecule is O=C([O-])Cc1ncccc1C(=O)OCc1ccccc1.[Li+]. The summed E-state index contributed by atoms with van der Waals surface area (Å²) in [7, 11) is 0.